The van der Waals surface area contributed by atoms with Gasteiger partial charge in [0.15, 0.2) is 5.96 Å². The van der Waals surface area contributed by atoms with E-state index in [1.807, 2.05) is 38.4 Å². The molecule has 0 atom stereocenters. The van der Waals surface area contributed by atoms with Gasteiger partial charge in [0, 0.05) is 36.2 Å². The van der Waals surface area contributed by atoms with Crippen molar-refractivity contribution < 1.29 is 0 Å². The Morgan fingerprint density at radius 1 is 1.45 bits per heavy atom. The molecule has 0 aliphatic carbocycles. The van der Waals surface area contributed by atoms with Crippen molar-refractivity contribution in [1.29, 1.82) is 0 Å². The molecule has 0 aliphatic rings. The second-order valence-electron chi connectivity index (χ2n) is 5.00. The van der Waals surface area contributed by atoms with Crippen LogP contribution >= 0.6 is 22.9 Å². The van der Waals surface area contributed by atoms with Gasteiger partial charge in [-0.2, -0.15) is 0 Å². The van der Waals surface area contributed by atoms with Crippen LogP contribution in [-0.2, 0) is 13.1 Å². The molecule has 1 heterocycles. The number of thiazole rings is 1. The van der Waals surface area contributed by atoms with Crippen molar-refractivity contribution in [1.82, 2.24) is 15.2 Å². The molecule has 118 valence electrons. The van der Waals surface area contributed by atoms with E-state index in [1.54, 1.807) is 11.3 Å². The van der Waals surface area contributed by atoms with Crippen LogP contribution in [0, 0.1) is 6.92 Å². The van der Waals surface area contributed by atoms with Gasteiger partial charge >= 0.3 is 0 Å². The third-order valence-electron chi connectivity index (χ3n) is 3.06. The van der Waals surface area contributed by atoms with Crippen LogP contribution in [0.25, 0.3) is 0 Å². The molecule has 4 nitrogen and oxygen atoms in total. The summed E-state index contributed by atoms with van der Waals surface area (Å²) in [5.41, 5.74) is 1.16. The van der Waals surface area contributed by atoms with Gasteiger partial charge in [-0.15, -0.1) is 11.3 Å². The van der Waals surface area contributed by atoms with Gasteiger partial charge in [-0.25, -0.2) is 9.98 Å². The van der Waals surface area contributed by atoms with Gasteiger partial charge in [-0.05, 0) is 31.5 Å². The van der Waals surface area contributed by atoms with Crippen LogP contribution < -0.4 is 5.32 Å². The standard InChI is InChI=1S/C16H21ClN4S/c1-4-18-16(20-10-15-9-19-12(2)22-15)21(3)11-13-6-5-7-14(17)8-13/h5-9H,4,10-11H2,1-3H3,(H,18,20). The fraction of sp³-hybridized carbons (Fsp3) is 0.375. The Morgan fingerprint density at radius 2 is 2.27 bits per heavy atom. The number of guanidine groups is 1. The molecule has 22 heavy (non-hydrogen) atoms. The molecule has 0 aliphatic heterocycles. The highest BCUT2D eigenvalue weighted by atomic mass is 35.5. The molecule has 2 rings (SSSR count). The Balaban J connectivity index is 2.05. The van der Waals surface area contributed by atoms with Crippen molar-refractivity contribution in [3.05, 3.63) is 50.9 Å². The third-order valence-corrected chi connectivity index (χ3v) is 4.19. The van der Waals surface area contributed by atoms with E-state index >= 15 is 0 Å². The average Bonchev–Trinajstić information content (AvgIpc) is 2.89. The van der Waals surface area contributed by atoms with Gasteiger partial charge in [0.25, 0.3) is 0 Å². The highest BCUT2D eigenvalue weighted by molar-refractivity contribution is 7.11. The van der Waals surface area contributed by atoms with Gasteiger partial charge < -0.3 is 10.2 Å². The minimum Gasteiger partial charge on any atom is -0.357 e. The summed E-state index contributed by atoms with van der Waals surface area (Å²) >= 11 is 7.73. The number of hydrogen-bond donors (Lipinski definition) is 1. The average molecular weight is 337 g/mol. The number of hydrogen-bond acceptors (Lipinski definition) is 3. The lowest BCUT2D eigenvalue weighted by atomic mass is 10.2. The summed E-state index contributed by atoms with van der Waals surface area (Å²) in [6.07, 6.45) is 1.89. The van der Waals surface area contributed by atoms with E-state index < -0.39 is 0 Å². The van der Waals surface area contributed by atoms with Crippen molar-refractivity contribution in [2.24, 2.45) is 4.99 Å². The van der Waals surface area contributed by atoms with Crippen LogP contribution in [0.4, 0.5) is 0 Å². The summed E-state index contributed by atoms with van der Waals surface area (Å²) < 4.78 is 0. The van der Waals surface area contributed by atoms with Gasteiger partial charge in [0.2, 0.25) is 0 Å². The summed E-state index contributed by atoms with van der Waals surface area (Å²) in [5, 5.41) is 5.15. The first-order valence-electron chi connectivity index (χ1n) is 7.23. The van der Waals surface area contributed by atoms with Gasteiger partial charge in [0.05, 0.1) is 11.6 Å². The fourth-order valence-electron chi connectivity index (χ4n) is 2.08. The lowest BCUT2D eigenvalue weighted by Gasteiger charge is -2.22. The van der Waals surface area contributed by atoms with Crippen LogP contribution in [0.1, 0.15) is 22.4 Å². The highest BCUT2D eigenvalue weighted by Gasteiger charge is 2.07. The first-order chi connectivity index (χ1) is 10.6. The number of benzene rings is 1. The lowest BCUT2D eigenvalue weighted by Crippen LogP contribution is -2.38. The van der Waals surface area contributed by atoms with E-state index in [1.165, 1.54) is 4.88 Å². The molecular formula is C16H21ClN4S. The SMILES string of the molecule is CCNC(=NCc1cnc(C)s1)N(C)Cc1cccc(Cl)c1. The molecule has 0 radical (unpaired) electrons. The van der Waals surface area contributed by atoms with Crippen molar-refractivity contribution in [2.75, 3.05) is 13.6 Å². The second-order valence-corrected chi connectivity index (χ2v) is 6.76. The van der Waals surface area contributed by atoms with Crippen molar-refractivity contribution in [3.63, 3.8) is 0 Å². The van der Waals surface area contributed by atoms with Gasteiger partial charge in [-0.3, -0.25) is 0 Å². The summed E-state index contributed by atoms with van der Waals surface area (Å²) in [6.45, 7) is 6.32. The number of aryl methyl sites for hydroxylation is 1. The Morgan fingerprint density at radius 3 is 2.91 bits per heavy atom. The smallest absolute Gasteiger partial charge is 0.194 e. The number of rotatable bonds is 5. The summed E-state index contributed by atoms with van der Waals surface area (Å²) in [7, 11) is 2.03. The van der Waals surface area contributed by atoms with Crippen molar-refractivity contribution >= 4 is 28.9 Å². The van der Waals surface area contributed by atoms with Crippen molar-refractivity contribution in [2.45, 2.75) is 26.9 Å². The summed E-state index contributed by atoms with van der Waals surface area (Å²) in [4.78, 5) is 12.2. The topological polar surface area (TPSA) is 40.5 Å². The summed E-state index contributed by atoms with van der Waals surface area (Å²) in [6, 6.07) is 7.90. The molecular weight excluding hydrogens is 316 g/mol. The zero-order valence-electron chi connectivity index (χ0n) is 13.1. The van der Waals surface area contributed by atoms with E-state index in [0.29, 0.717) is 6.54 Å². The number of halogens is 1. The second kappa shape index (κ2) is 8.15. The minimum atomic E-state index is 0.647. The Kier molecular flexibility index (Phi) is 6.21. The largest absolute Gasteiger partial charge is 0.357 e. The quantitative estimate of drug-likeness (QED) is 0.668. The van der Waals surface area contributed by atoms with Crippen LogP contribution in [-0.4, -0.2) is 29.4 Å². The van der Waals surface area contributed by atoms with Crippen LogP contribution in [0.3, 0.4) is 0 Å². The first-order valence-corrected chi connectivity index (χ1v) is 8.43. The maximum atomic E-state index is 6.04. The number of nitrogens with zero attached hydrogens (tertiary/aromatic N) is 3. The first kappa shape index (κ1) is 16.8. The Labute approximate surface area is 140 Å². The molecule has 0 spiro atoms. The molecule has 6 heteroatoms. The normalized spacial score (nSPS) is 11.5. The molecule has 1 N–H and O–H groups in total. The molecule has 1 aromatic heterocycles. The minimum absolute atomic E-state index is 0.647. The number of aromatic nitrogens is 1. The van der Waals surface area contributed by atoms with E-state index in [-0.39, 0.29) is 0 Å². The number of nitrogens with one attached hydrogen (secondary N) is 1. The number of aliphatic imine (C=N–C) groups is 1. The predicted molar refractivity (Wildman–Crippen MR) is 94.6 cm³/mol. The van der Waals surface area contributed by atoms with E-state index in [0.717, 1.165) is 34.6 Å². The third kappa shape index (κ3) is 5.00. The highest BCUT2D eigenvalue weighted by Crippen LogP contribution is 2.14. The monoisotopic (exact) mass is 336 g/mol. The summed E-state index contributed by atoms with van der Waals surface area (Å²) in [5.74, 6) is 0.883. The molecule has 0 saturated carbocycles. The maximum Gasteiger partial charge on any atom is 0.194 e. The van der Waals surface area contributed by atoms with E-state index in [2.05, 4.69) is 33.2 Å². The maximum absolute atomic E-state index is 6.04. The zero-order chi connectivity index (χ0) is 15.9. The lowest BCUT2D eigenvalue weighted by molar-refractivity contribution is 0.477. The van der Waals surface area contributed by atoms with Gasteiger partial charge in [-0.1, -0.05) is 23.7 Å². The van der Waals surface area contributed by atoms with E-state index in [9.17, 15) is 0 Å². The van der Waals surface area contributed by atoms with E-state index in [4.69, 9.17) is 11.6 Å². The molecule has 0 amide bonds. The van der Waals surface area contributed by atoms with Crippen LogP contribution in [0.2, 0.25) is 5.02 Å². The molecule has 1 aromatic carbocycles. The molecule has 2 aromatic rings. The molecule has 0 bridgehead atoms. The van der Waals surface area contributed by atoms with Gasteiger partial charge in [0.1, 0.15) is 0 Å². The van der Waals surface area contributed by atoms with Crippen molar-refractivity contribution in [3.8, 4) is 0 Å². The van der Waals surface area contributed by atoms with Crippen LogP contribution in [0.5, 0.6) is 0 Å². The Bertz CT molecular complexity index is 639. The molecule has 0 fully saturated rings. The predicted octanol–water partition coefficient (Wildman–Crippen LogP) is 3.70. The Hall–Kier alpha value is -1.59. The van der Waals surface area contributed by atoms with Crippen LogP contribution in [0.15, 0.2) is 35.5 Å². The fourth-order valence-corrected chi connectivity index (χ4v) is 3.02. The molecule has 0 saturated heterocycles. The zero-order valence-corrected chi connectivity index (χ0v) is 14.7. The molecule has 0 unspecified atom stereocenters.